The number of halogens is 1. The Morgan fingerprint density at radius 3 is 2.59 bits per heavy atom. The van der Waals surface area contributed by atoms with Crippen LogP contribution in [-0.4, -0.2) is 56.8 Å². The summed E-state index contributed by atoms with van der Waals surface area (Å²) in [6.45, 7) is 2.53. The van der Waals surface area contributed by atoms with Gasteiger partial charge in [0.05, 0.1) is 60.4 Å². The minimum atomic E-state index is -0.626. The van der Waals surface area contributed by atoms with Gasteiger partial charge in [-0.3, -0.25) is 19.3 Å². The van der Waals surface area contributed by atoms with Crippen molar-refractivity contribution in [1.29, 1.82) is 0 Å². The largest absolute Gasteiger partial charge is 0.382 e. The van der Waals surface area contributed by atoms with Crippen molar-refractivity contribution in [2.45, 2.75) is 57.2 Å². The number of carbonyl (C=O) groups is 2. The predicted octanol–water partition coefficient (Wildman–Crippen LogP) is 5.63. The molecule has 44 heavy (non-hydrogen) atoms. The standard InChI is InChI=1S/C34H37FN6O3/c1-20-6-5-9-27(35)31(20)34(43)41-30-19-44-18-22(30)14-26(33(42)39-25-15-29-28(36-16-25)17-37-40(29)2)32(41)21-10-12-24(13-11-21)38-23-7-3-4-8-23/h5-6,9-13,15-17,22-23,26,30,32,38H,3-4,7-8,14,18-19H2,1-2H3,(H,39,42). The van der Waals surface area contributed by atoms with E-state index in [1.54, 1.807) is 41.0 Å². The number of aryl methyl sites for hydroxylation is 2. The number of nitrogens with one attached hydrogen (secondary N) is 2. The van der Waals surface area contributed by atoms with Crippen LogP contribution in [0, 0.1) is 24.6 Å². The van der Waals surface area contributed by atoms with Gasteiger partial charge >= 0.3 is 0 Å². The first kappa shape index (κ1) is 28.5. The maximum absolute atomic E-state index is 15.3. The van der Waals surface area contributed by atoms with Crippen molar-refractivity contribution in [3.63, 3.8) is 0 Å². The van der Waals surface area contributed by atoms with Gasteiger partial charge in [-0.1, -0.05) is 37.1 Å². The second kappa shape index (κ2) is 11.6. The summed E-state index contributed by atoms with van der Waals surface area (Å²) in [5.74, 6) is -1.87. The second-order valence-electron chi connectivity index (χ2n) is 12.4. The molecule has 2 aromatic heterocycles. The van der Waals surface area contributed by atoms with Crippen LogP contribution in [-0.2, 0) is 16.6 Å². The van der Waals surface area contributed by atoms with E-state index in [0.29, 0.717) is 36.9 Å². The van der Waals surface area contributed by atoms with Gasteiger partial charge in [-0.15, -0.1) is 0 Å². The van der Waals surface area contributed by atoms with E-state index in [4.69, 9.17) is 4.74 Å². The topological polar surface area (TPSA) is 101 Å². The van der Waals surface area contributed by atoms with E-state index in [9.17, 15) is 9.59 Å². The SMILES string of the molecule is Cc1cccc(F)c1C(=O)N1C2COCC2CC(C(=O)Nc2cnc3cnn(C)c3c2)C1c1ccc(NC2CCCC2)cc1. The number of nitrogens with zero attached hydrogens (tertiary/aromatic N) is 4. The van der Waals surface area contributed by atoms with E-state index in [1.165, 1.54) is 18.9 Å². The molecule has 0 radical (unpaired) electrons. The van der Waals surface area contributed by atoms with Gasteiger partial charge in [0.1, 0.15) is 11.3 Å². The summed E-state index contributed by atoms with van der Waals surface area (Å²) >= 11 is 0. The third-order valence-electron chi connectivity index (χ3n) is 9.61. The maximum Gasteiger partial charge on any atom is 0.257 e. The fourth-order valence-electron chi connectivity index (χ4n) is 7.34. The summed E-state index contributed by atoms with van der Waals surface area (Å²) in [7, 11) is 1.83. The molecule has 4 atom stereocenters. The van der Waals surface area contributed by atoms with Gasteiger partial charge < -0.3 is 20.3 Å². The van der Waals surface area contributed by atoms with Crippen LogP contribution in [0.25, 0.3) is 11.0 Å². The highest BCUT2D eigenvalue weighted by atomic mass is 19.1. The number of likely N-dealkylation sites (tertiary alicyclic amines) is 1. The molecule has 2 N–H and O–H groups in total. The van der Waals surface area contributed by atoms with E-state index in [-0.39, 0.29) is 23.4 Å². The number of ether oxygens (including phenoxy) is 1. The lowest BCUT2D eigenvalue weighted by molar-refractivity contribution is -0.124. The molecule has 0 spiro atoms. The molecular formula is C34H37FN6O3. The van der Waals surface area contributed by atoms with Gasteiger partial charge in [-0.2, -0.15) is 5.10 Å². The summed E-state index contributed by atoms with van der Waals surface area (Å²) < 4.78 is 22.9. The van der Waals surface area contributed by atoms with Gasteiger partial charge in [0.2, 0.25) is 5.91 Å². The van der Waals surface area contributed by atoms with Crippen molar-refractivity contribution in [3.05, 3.63) is 83.4 Å². The van der Waals surface area contributed by atoms with E-state index < -0.39 is 23.7 Å². The van der Waals surface area contributed by atoms with E-state index in [2.05, 4.69) is 20.7 Å². The number of piperidine rings is 1. The number of hydrogen-bond donors (Lipinski definition) is 2. The zero-order chi connectivity index (χ0) is 30.4. The van der Waals surface area contributed by atoms with Crippen LogP contribution in [0.1, 0.15) is 59.6 Å². The Hall–Kier alpha value is -4.31. The van der Waals surface area contributed by atoms with Crippen molar-refractivity contribution in [2.24, 2.45) is 18.9 Å². The molecule has 7 rings (SSSR count). The molecule has 4 heterocycles. The lowest BCUT2D eigenvalue weighted by Gasteiger charge is -2.47. The van der Waals surface area contributed by atoms with Crippen LogP contribution < -0.4 is 10.6 Å². The normalized spacial score (nSPS) is 23.6. The Morgan fingerprint density at radius 1 is 1.02 bits per heavy atom. The molecule has 2 aromatic carbocycles. The number of fused-ring (bicyclic) bond motifs is 2. The third kappa shape index (κ3) is 5.21. The van der Waals surface area contributed by atoms with Gasteiger partial charge in [0.15, 0.2) is 0 Å². The number of carbonyl (C=O) groups excluding carboxylic acids is 2. The average molecular weight is 597 g/mol. The van der Waals surface area contributed by atoms with E-state index in [1.807, 2.05) is 37.4 Å². The first-order valence-electron chi connectivity index (χ1n) is 15.5. The van der Waals surface area contributed by atoms with Crippen LogP contribution in [0.5, 0.6) is 0 Å². The lowest BCUT2D eigenvalue weighted by atomic mass is 9.76. The Kier molecular flexibility index (Phi) is 7.53. The number of hydrogen-bond acceptors (Lipinski definition) is 6. The van der Waals surface area contributed by atoms with Crippen molar-refractivity contribution in [3.8, 4) is 0 Å². The minimum Gasteiger partial charge on any atom is -0.382 e. The first-order valence-corrected chi connectivity index (χ1v) is 15.5. The molecule has 3 aliphatic rings. The Bertz CT molecular complexity index is 1680. The quantitative estimate of drug-likeness (QED) is 0.299. The predicted molar refractivity (Wildman–Crippen MR) is 166 cm³/mol. The maximum atomic E-state index is 15.3. The summed E-state index contributed by atoms with van der Waals surface area (Å²) in [5, 5.41) is 11.0. The molecule has 2 saturated heterocycles. The smallest absolute Gasteiger partial charge is 0.257 e. The van der Waals surface area contributed by atoms with Crippen LogP contribution in [0.4, 0.5) is 15.8 Å². The molecule has 10 heteroatoms. The third-order valence-corrected chi connectivity index (χ3v) is 9.61. The second-order valence-corrected chi connectivity index (χ2v) is 12.4. The minimum absolute atomic E-state index is 0.0367. The monoisotopic (exact) mass is 596 g/mol. The summed E-state index contributed by atoms with van der Waals surface area (Å²) in [6, 6.07) is 14.1. The lowest BCUT2D eigenvalue weighted by Crippen LogP contribution is -2.55. The molecule has 228 valence electrons. The number of rotatable bonds is 6. The molecule has 1 aliphatic carbocycles. The number of amides is 2. The fraction of sp³-hybridized carbons (Fsp3) is 0.412. The summed E-state index contributed by atoms with van der Waals surface area (Å²) in [6.07, 6.45) is 8.60. The van der Waals surface area contributed by atoms with Crippen LogP contribution >= 0.6 is 0 Å². The summed E-state index contributed by atoms with van der Waals surface area (Å²) in [5.41, 5.74) is 4.51. The number of benzene rings is 2. The molecule has 9 nitrogen and oxygen atoms in total. The van der Waals surface area contributed by atoms with E-state index in [0.717, 1.165) is 35.1 Å². The Balaban J connectivity index is 1.27. The number of anilines is 2. The molecule has 1 saturated carbocycles. The highest BCUT2D eigenvalue weighted by Crippen LogP contribution is 2.46. The zero-order valence-electron chi connectivity index (χ0n) is 25.0. The van der Waals surface area contributed by atoms with Gasteiger partial charge in [0.25, 0.3) is 5.91 Å². The van der Waals surface area contributed by atoms with Crippen LogP contribution in [0.3, 0.4) is 0 Å². The van der Waals surface area contributed by atoms with Crippen molar-refractivity contribution < 1.29 is 18.7 Å². The van der Waals surface area contributed by atoms with Crippen molar-refractivity contribution in [2.75, 3.05) is 23.8 Å². The molecule has 4 aromatic rings. The molecule has 2 amide bonds. The first-order chi connectivity index (χ1) is 21.4. The fourth-order valence-corrected chi connectivity index (χ4v) is 7.34. The van der Waals surface area contributed by atoms with Gasteiger partial charge in [0, 0.05) is 24.7 Å². The molecular weight excluding hydrogens is 559 g/mol. The molecule has 4 unspecified atom stereocenters. The van der Waals surface area contributed by atoms with Crippen LogP contribution in [0.2, 0.25) is 0 Å². The molecule has 2 aliphatic heterocycles. The van der Waals surface area contributed by atoms with Crippen molar-refractivity contribution in [1.82, 2.24) is 19.7 Å². The summed E-state index contributed by atoms with van der Waals surface area (Å²) in [4.78, 5) is 34.8. The van der Waals surface area contributed by atoms with Gasteiger partial charge in [-0.25, -0.2) is 4.39 Å². The Morgan fingerprint density at radius 2 is 1.82 bits per heavy atom. The number of aromatic nitrogens is 3. The highest BCUT2D eigenvalue weighted by molar-refractivity contribution is 5.99. The van der Waals surface area contributed by atoms with Gasteiger partial charge in [-0.05, 0) is 61.6 Å². The average Bonchev–Trinajstić information content (AvgIpc) is 3.79. The van der Waals surface area contributed by atoms with Crippen LogP contribution in [0.15, 0.2) is 60.9 Å². The molecule has 0 bridgehead atoms. The highest BCUT2D eigenvalue weighted by Gasteiger charge is 2.51. The molecule has 3 fully saturated rings. The Labute approximate surface area is 255 Å². The zero-order valence-corrected chi connectivity index (χ0v) is 25.0. The van der Waals surface area contributed by atoms with E-state index >= 15 is 4.39 Å². The van der Waals surface area contributed by atoms with Crippen molar-refractivity contribution >= 4 is 34.2 Å². The number of pyridine rings is 1.